The minimum absolute atomic E-state index is 0.0755. The summed E-state index contributed by atoms with van der Waals surface area (Å²) >= 11 is -1.17. The summed E-state index contributed by atoms with van der Waals surface area (Å²) in [5, 5.41) is 11.0. The fourth-order valence-electron chi connectivity index (χ4n) is 3.04. The maximum atomic E-state index is 12.8. The molecule has 2 atom stereocenters. The standard InChI is InChI=1S/C20H40N2O4S/c1-3-5-7-9-11-13-17(14-12-10-8-6-4-2)27(26)16-18(21)20(25)22-15-19(23)24/h17-18H,3-16,21H2,1-2H3,(H,22,25)(H,23,24)/t18-,27?/m0/s1. The van der Waals surface area contributed by atoms with E-state index in [4.69, 9.17) is 10.8 Å². The average molecular weight is 405 g/mol. The first kappa shape index (κ1) is 26.2. The van der Waals surface area contributed by atoms with Crippen LogP contribution in [0.2, 0.25) is 0 Å². The van der Waals surface area contributed by atoms with Crippen LogP contribution >= 0.6 is 0 Å². The highest BCUT2D eigenvalue weighted by Gasteiger charge is 2.27. The van der Waals surface area contributed by atoms with Gasteiger partial charge in [0.15, 0.2) is 0 Å². The first-order valence-electron chi connectivity index (χ1n) is 10.5. The molecule has 1 unspecified atom stereocenters. The van der Waals surface area contributed by atoms with Gasteiger partial charge in [-0.05, 0) is 36.9 Å². The number of hydrogen-bond acceptors (Lipinski definition) is 4. The Bertz CT molecular complexity index is 382. The molecular weight excluding hydrogens is 364 g/mol. The number of rotatable bonds is 18. The zero-order valence-corrected chi connectivity index (χ0v) is 18.0. The van der Waals surface area contributed by atoms with Gasteiger partial charge in [0.1, 0.15) is 23.6 Å². The van der Waals surface area contributed by atoms with Crippen LogP contribution in [0.3, 0.4) is 0 Å². The normalized spacial score (nSPS) is 13.5. The quantitative estimate of drug-likeness (QED) is 0.239. The third-order valence-electron chi connectivity index (χ3n) is 4.73. The second-order valence-electron chi connectivity index (χ2n) is 7.29. The van der Waals surface area contributed by atoms with E-state index in [2.05, 4.69) is 19.2 Å². The van der Waals surface area contributed by atoms with Crippen LogP contribution in [0.4, 0.5) is 0 Å². The molecule has 0 aliphatic heterocycles. The van der Waals surface area contributed by atoms with Gasteiger partial charge in [0.2, 0.25) is 5.91 Å². The Labute approximate surface area is 168 Å². The molecule has 160 valence electrons. The molecule has 0 aromatic heterocycles. The maximum absolute atomic E-state index is 12.8. The summed E-state index contributed by atoms with van der Waals surface area (Å²) in [6.45, 7) is 3.91. The largest absolute Gasteiger partial charge is 0.616 e. The number of nitrogens with one attached hydrogen (secondary N) is 1. The molecule has 6 nitrogen and oxygen atoms in total. The van der Waals surface area contributed by atoms with Crippen molar-refractivity contribution < 1.29 is 19.2 Å². The van der Waals surface area contributed by atoms with Gasteiger partial charge < -0.3 is 20.7 Å². The van der Waals surface area contributed by atoms with Gasteiger partial charge in [-0.2, -0.15) is 0 Å². The molecule has 0 heterocycles. The number of carbonyl (C=O) groups is 2. The highest BCUT2D eigenvalue weighted by Crippen LogP contribution is 2.20. The van der Waals surface area contributed by atoms with Crippen LogP contribution in [0, 0.1) is 0 Å². The topological polar surface area (TPSA) is 115 Å². The molecule has 0 saturated heterocycles. The molecule has 0 bridgehead atoms. The second kappa shape index (κ2) is 17.3. The lowest BCUT2D eigenvalue weighted by molar-refractivity contribution is -0.138. The Hall–Kier alpha value is -0.790. The zero-order chi connectivity index (χ0) is 20.5. The lowest BCUT2D eigenvalue weighted by atomic mass is 10.0. The summed E-state index contributed by atoms with van der Waals surface area (Å²) in [6.07, 6.45) is 13.6. The van der Waals surface area contributed by atoms with Gasteiger partial charge in [-0.25, -0.2) is 0 Å². The molecule has 4 N–H and O–H groups in total. The summed E-state index contributed by atoms with van der Waals surface area (Å²) in [4.78, 5) is 22.4. The molecule has 0 aliphatic carbocycles. The number of hydrogen-bond donors (Lipinski definition) is 3. The van der Waals surface area contributed by atoms with Crippen LogP contribution in [-0.4, -0.2) is 45.1 Å². The van der Waals surface area contributed by atoms with Crippen molar-refractivity contribution in [1.29, 1.82) is 0 Å². The molecular formula is C20H40N2O4S. The first-order chi connectivity index (χ1) is 12.9. The van der Waals surface area contributed by atoms with E-state index in [-0.39, 0.29) is 11.0 Å². The molecule has 0 aliphatic rings. The molecule has 0 aromatic rings. The lowest BCUT2D eigenvalue weighted by Gasteiger charge is -2.24. The fourth-order valence-corrected chi connectivity index (χ4v) is 4.68. The van der Waals surface area contributed by atoms with Gasteiger partial charge in [-0.15, -0.1) is 0 Å². The highest BCUT2D eigenvalue weighted by atomic mass is 32.2. The van der Waals surface area contributed by atoms with Gasteiger partial charge in [0.25, 0.3) is 0 Å². The monoisotopic (exact) mass is 404 g/mol. The van der Waals surface area contributed by atoms with Gasteiger partial charge in [-0.3, -0.25) is 9.59 Å². The molecule has 27 heavy (non-hydrogen) atoms. The van der Waals surface area contributed by atoms with Crippen LogP contribution in [0.5, 0.6) is 0 Å². The van der Waals surface area contributed by atoms with Crippen LogP contribution in [-0.2, 0) is 20.8 Å². The smallest absolute Gasteiger partial charge is 0.322 e. The zero-order valence-electron chi connectivity index (χ0n) is 17.2. The summed E-state index contributed by atoms with van der Waals surface area (Å²) in [7, 11) is 0. The van der Waals surface area contributed by atoms with Gasteiger partial charge in [0, 0.05) is 0 Å². The third-order valence-corrected chi connectivity index (χ3v) is 6.63. The number of carboxylic acid groups (broad SMARTS) is 1. The van der Waals surface area contributed by atoms with E-state index >= 15 is 0 Å². The molecule has 7 heteroatoms. The Balaban J connectivity index is 4.42. The van der Waals surface area contributed by atoms with Gasteiger partial charge >= 0.3 is 5.97 Å². The highest BCUT2D eigenvalue weighted by molar-refractivity contribution is 7.92. The number of amides is 1. The minimum atomic E-state index is -1.17. The molecule has 0 rings (SSSR count). The van der Waals surface area contributed by atoms with E-state index in [0.717, 1.165) is 38.5 Å². The van der Waals surface area contributed by atoms with E-state index < -0.39 is 35.6 Å². The lowest BCUT2D eigenvalue weighted by Crippen LogP contribution is -2.47. The van der Waals surface area contributed by atoms with Gasteiger partial charge in [0.05, 0.1) is 0 Å². The number of aliphatic carboxylic acids is 1. The molecule has 0 saturated carbocycles. The molecule has 0 fully saturated rings. The second-order valence-corrected chi connectivity index (χ2v) is 9.05. The van der Waals surface area contributed by atoms with E-state index in [9.17, 15) is 14.1 Å². The minimum Gasteiger partial charge on any atom is -0.616 e. The van der Waals surface area contributed by atoms with Crippen LogP contribution in [0.1, 0.15) is 90.9 Å². The van der Waals surface area contributed by atoms with Crippen molar-refractivity contribution in [2.45, 2.75) is 102 Å². The Kier molecular flexibility index (Phi) is 16.8. The predicted molar refractivity (Wildman–Crippen MR) is 112 cm³/mol. The average Bonchev–Trinajstić information content (AvgIpc) is 2.63. The predicted octanol–water partition coefficient (Wildman–Crippen LogP) is 3.35. The van der Waals surface area contributed by atoms with Crippen LogP contribution in [0.25, 0.3) is 0 Å². The summed E-state index contributed by atoms with van der Waals surface area (Å²) in [6, 6.07) is -0.923. The van der Waals surface area contributed by atoms with E-state index in [1.165, 1.54) is 38.5 Å². The Morgan fingerprint density at radius 1 is 0.963 bits per heavy atom. The fraction of sp³-hybridized carbons (Fsp3) is 0.900. The third kappa shape index (κ3) is 14.9. The summed E-state index contributed by atoms with van der Waals surface area (Å²) in [5.74, 6) is -1.57. The summed E-state index contributed by atoms with van der Waals surface area (Å²) < 4.78 is 12.8. The van der Waals surface area contributed by atoms with E-state index in [1.54, 1.807) is 0 Å². The van der Waals surface area contributed by atoms with E-state index in [0.29, 0.717) is 0 Å². The number of carbonyl (C=O) groups excluding carboxylic acids is 1. The number of nitrogens with two attached hydrogens (primary N) is 1. The first-order valence-corrected chi connectivity index (χ1v) is 11.9. The van der Waals surface area contributed by atoms with E-state index in [1.807, 2.05) is 0 Å². The Morgan fingerprint density at radius 3 is 1.89 bits per heavy atom. The molecule has 0 radical (unpaired) electrons. The van der Waals surface area contributed by atoms with Crippen molar-refractivity contribution in [2.75, 3.05) is 12.3 Å². The number of unbranched alkanes of at least 4 members (excludes halogenated alkanes) is 8. The van der Waals surface area contributed by atoms with Crippen molar-refractivity contribution >= 4 is 23.1 Å². The number of carboxylic acids is 1. The maximum Gasteiger partial charge on any atom is 0.322 e. The molecule has 0 aromatic carbocycles. The van der Waals surface area contributed by atoms with Crippen molar-refractivity contribution in [3.8, 4) is 0 Å². The molecule has 1 amide bonds. The van der Waals surface area contributed by atoms with Crippen LogP contribution in [0.15, 0.2) is 0 Å². The Morgan fingerprint density at radius 2 is 1.44 bits per heavy atom. The van der Waals surface area contributed by atoms with Crippen molar-refractivity contribution in [2.24, 2.45) is 5.73 Å². The van der Waals surface area contributed by atoms with Crippen molar-refractivity contribution in [3.63, 3.8) is 0 Å². The van der Waals surface area contributed by atoms with Crippen molar-refractivity contribution in [1.82, 2.24) is 5.32 Å². The summed E-state index contributed by atoms with van der Waals surface area (Å²) in [5.41, 5.74) is 5.83. The SMILES string of the molecule is CCCCCCCC(CCCCCCC)[S+]([O-])C[C@H](N)C(=O)NCC(=O)O. The van der Waals surface area contributed by atoms with Crippen LogP contribution < -0.4 is 11.1 Å². The van der Waals surface area contributed by atoms with Gasteiger partial charge in [-0.1, -0.05) is 65.2 Å². The van der Waals surface area contributed by atoms with Crippen molar-refractivity contribution in [3.05, 3.63) is 0 Å². The molecule has 0 spiro atoms.